The molecule has 0 aliphatic heterocycles. The molecule has 0 atom stereocenters. The van der Waals surface area contributed by atoms with Gasteiger partial charge in [0, 0.05) is 25.1 Å². The highest BCUT2D eigenvalue weighted by Crippen LogP contribution is 2.28. The highest BCUT2D eigenvalue weighted by atomic mass is 32.2. The molecule has 0 spiro atoms. The smallest absolute Gasteiger partial charge is 0.285 e. The number of carbonyl (C=O) groups excluding carboxylic acids is 1. The van der Waals surface area contributed by atoms with E-state index in [1.807, 2.05) is 78.9 Å². The summed E-state index contributed by atoms with van der Waals surface area (Å²) < 4.78 is 11.7. The number of hydrogen-bond donors (Lipinski definition) is 0. The zero-order chi connectivity index (χ0) is 19.1. The Balaban J connectivity index is 1.59. The van der Waals surface area contributed by atoms with E-state index in [4.69, 9.17) is 9.47 Å². The van der Waals surface area contributed by atoms with Crippen molar-refractivity contribution in [3.8, 4) is 17.2 Å². The van der Waals surface area contributed by atoms with Crippen LogP contribution >= 0.6 is 11.8 Å². The van der Waals surface area contributed by atoms with Crippen LogP contribution in [0.3, 0.4) is 0 Å². The Morgan fingerprint density at radius 2 is 1.56 bits per heavy atom. The average Bonchev–Trinajstić information content (AvgIpc) is 2.69. The van der Waals surface area contributed by atoms with E-state index < -0.39 is 0 Å². The molecule has 0 aliphatic carbocycles. The second-order valence-corrected chi connectivity index (χ2v) is 7.11. The third-order valence-electron chi connectivity index (χ3n) is 3.68. The van der Waals surface area contributed by atoms with Gasteiger partial charge < -0.3 is 14.4 Å². The minimum atomic E-state index is -0.00747. The molecule has 1 amide bonds. The lowest BCUT2D eigenvalue weighted by Gasteiger charge is -2.11. The van der Waals surface area contributed by atoms with Crippen LogP contribution < -0.4 is 9.47 Å². The molecule has 4 nitrogen and oxygen atoms in total. The van der Waals surface area contributed by atoms with Crippen LogP contribution in [-0.2, 0) is 6.61 Å². The monoisotopic (exact) mass is 379 g/mol. The summed E-state index contributed by atoms with van der Waals surface area (Å²) in [6, 6.07) is 25.0. The van der Waals surface area contributed by atoms with Gasteiger partial charge in [-0.05, 0) is 53.7 Å². The van der Waals surface area contributed by atoms with Crippen molar-refractivity contribution in [2.75, 3.05) is 14.1 Å². The molecule has 138 valence electrons. The topological polar surface area (TPSA) is 38.8 Å². The van der Waals surface area contributed by atoms with Crippen LogP contribution in [0.1, 0.15) is 5.56 Å². The Morgan fingerprint density at radius 3 is 2.26 bits per heavy atom. The van der Waals surface area contributed by atoms with Crippen LogP contribution in [0.15, 0.2) is 83.8 Å². The third-order valence-corrected chi connectivity index (χ3v) is 4.73. The summed E-state index contributed by atoms with van der Waals surface area (Å²) in [5.41, 5.74) is 1.11. The molecule has 0 unspecified atom stereocenters. The number of amides is 1. The van der Waals surface area contributed by atoms with E-state index in [1.165, 1.54) is 11.8 Å². The Bertz CT molecular complexity index is 880. The zero-order valence-electron chi connectivity index (χ0n) is 15.3. The SMILES string of the molecule is CN(C)C(=O)Sc1ccc(Oc2cccc(OCc3ccccc3)c2)cc1. The highest BCUT2D eigenvalue weighted by molar-refractivity contribution is 8.13. The summed E-state index contributed by atoms with van der Waals surface area (Å²) in [6.45, 7) is 0.510. The fourth-order valence-corrected chi connectivity index (χ4v) is 2.93. The van der Waals surface area contributed by atoms with Crippen LogP contribution in [0.5, 0.6) is 17.2 Å². The van der Waals surface area contributed by atoms with Crippen molar-refractivity contribution in [2.24, 2.45) is 0 Å². The number of rotatable bonds is 6. The van der Waals surface area contributed by atoms with Crippen LogP contribution in [0, 0.1) is 0 Å². The number of carbonyl (C=O) groups is 1. The Labute approximate surface area is 163 Å². The fourth-order valence-electron chi connectivity index (χ4n) is 2.27. The van der Waals surface area contributed by atoms with Gasteiger partial charge in [0.25, 0.3) is 5.24 Å². The standard InChI is InChI=1S/C22H21NO3S/c1-23(2)22(24)27-21-13-11-18(12-14-21)26-20-10-6-9-19(15-20)25-16-17-7-4-3-5-8-17/h3-15H,16H2,1-2H3. The molecule has 0 bridgehead atoms. The number of ether oxygens (including phenoxy) is 2. The molecule has 3 aromatic carbocycles. The zero-order valence-corrected chi connectivity index (χ0v) is 16.1. The number of hydrogen-bond acceptors (Lipinski definition) is 4. The molecule has 0 saturated heterocycles. The number of thioether (sulfide) groups is 1. The van der Waals surface area contributed by atoms with Crippen LogP contribution in [-0.4, -0.2) is 24.2 Å². The van der Waals surface area contributed by atoms with Gasteiger partial charge in [-0.25, -0.2) is 0 Å². The number of nitrogens with zero attached hydrogens (tertiary/aromatic N) is 1. The first kappa shape index (κ1) is 18.9. The molecule has 0 N–H and O–H groups in total. The van der Waals surface area contributed by atoms with Gasteiger partial charge in [-0.1, -0.05) is 36.4 Å². The largest absolute Gasteiger partial charge is 0.489 e. The van der Waals surface area contributed by atoms with Crippen molar-refractivity contribution in [2.45, 2.75) is 11.5 Å². The lowest BCUT2D eigenvalue weighted by molar-refractivity contribution is 0.241. The van der Waals surface area contributed by atoms with Gasteiger partial charge in [-0.3, -0.25) is 4.79 Å². The quantitative estimate of drug-likeness (QED) is 0.505. The summed E-state index contributed by atoms with van der Waals surface area (Å²) in [6.07, 6.45) is 0. The minimum Gasteiger partial charge on any atom is -0.489 e. The van der Waals surface area contributed by atoms with Crippen LogP contribution in [0.2, 0.25) is 0 Å². The molecular weight excluding hydrogens is 358 g/mol. The molecule has 0 radical (unpaired) electrons. The van der Waals surface area contributed by atoms with Gasteiger partial charge in [-0.2, -0.15) is 0 Å². The lowest BCUT2D eigenvalue weighted by Crippen LogP contribution is -2.15. The molecule has 0 fully saturated rings. The van der Waals surface area contributed by atoms with Crippen molar-refractivity contribution in [3.05, 3.63) is 84.4 Å². The van der Waals surface area contributed by atoms with E-state index >= 15 is 0 Å². The van der Waals surface area contributed by atoms with Crippen molar-refractivity contribution >= 4 is 17.0 Å². The van der Waals surface area contributed by atoms with E-state index in [9.17, 15) is 4.79 Å². The maximum Gasteiger partial charge on any atom is 0.285 e. The Morgan fingerprint density at radius 1 is 0.852 bits per heavy atom. The molecular formula is C22H21NO3S. The maximum atomic E-state index is 11.7. The molecule has 27 heavy (non-hydrogen) atoms. The van der Waals surface area contributed by atoms with Gasteiger partial charge in [0.05, 0.1) is 0 Å². The fraction of sp³-hybridized carbons (Fsp3) is 0.136. The number of benzene rings is 3. The van der Waals surface area contributed by atoms with Crippen LogP contribution in [0.4, 0.5) is 4.79 Å². The van der Waals surface area contributed by atoms with Gasteiger partial charge in [-0.15, -0.1) is 0 Å². The predicted molar refractivity (Wildman–Crippen MR) is 109 cm³/mol. The Hall–Kier alpha value is -2.92. The van der Waals surface area contributed by atoms with Gasteiger partial charge >= 0.3 is 0 Å². The molecule has 3 rings (SSSR count). The first-order valence-electron chi connectivity index (χ1n) is 8.54. The molecule has 3 aromatic rings. The second-order valence-electron chi connectivity index (χ2n) is 6.08. The third kappa shape index (κ3) is 5.79. The summed E-state index contributed by atoms with van der Waals surface area (Å²) in [4.78, 5) is 14.2. The van der Waals surface area contributed by atoms with E-state index in [0.29, 0.717) is 18.1 Å². The molecule has 0 aliphatic rings. The maximum absolute atomic E-state index is 11.7. The normalized spacial score (nSPS) is 10.3. The molecule has 0 aromatic heterocycles. The molecule has 0 heterocycles. The predicted octanol–water partition coefficient (Wildman–Crippen LogP) is 5.83. The lowest BCUT2D eigenvalue weighted by atomic mass is 10.2. The van der Waals surface area contributed by atoms with E-state index in [2.05, 4.69) is 0 Å². The van der Waals surface area contributed by atoms with E-state index in [-0.39, 0.29) is 5.24 Å². The van der Waals surface area contributed by atoms with Crippen LogP contribution in [0.25, 0.3) is 0 Å². The highest BCUT2D eigenvalue weighted by Gasteiger charge is 2.07. The molecule has 0 saturated carbocycles. The van der Waals surface area contributed by atoms with Crippen molar-refractivity contribution in [1.29, 1.82) is 0 Å². The van der Waals surface area contributed by atoms with Gasteiger partial charge in [0.15, 0.2) is 0 Å². The van der Waals surface area contributed by atoms with Gasteiger partial charge in [0.2, 0.25) is 0 Å². The minimum absolute atomic E-state index is 0.00747. The Kier molecular flexibility index (Phi) is 6.39. The summed E-state index contributed by atoms with van der Waals surface area (Å²) in [5, 5.41) is -0.00747. The van der Waals surface area contributed by atoms with E-state index in [0.717, 1.165) is 16.2 Å². The van der Waals surface area contributed by atoms with Crippen molar-refractivity contribution in [1.82, 2.24) is 4.90 Å². The first-order chi connectivity index (χ1) is 13.1. The second kappa shape index (κ2) is 9.14. The van der Waals surface area contributed by atoms with Crippen molar-refractivity contribution < 1.29 is 14.3 Å². The van der Waals surface area contributed by atoms with Crippen molar-refractivity contribution in [3.63, 3.8) is 0 Å². The summed E-state index contributed by atoms with van der Waals surface area (Å²) in [5.74, 6) is 2.15. The summed E-state index contributed by atoms with van der Waals surface area (Å²) >= 11 is 1.19. The van der Waals surface area contributed by atoms with E-state index in [1.54, 1.807) is 19.0 Å². The van der Waals surface area contributed by atoms with Gasteiger partial charge in [0.1, 0.15) is 23.9 Å². The average molecular weight is 379 g/mol. The summed E-state index contributed by atoms with van der Waals surface area (Å²) in [7, 11) is 3.47. The molecule has 5 heteroatoms. The first-order valence-corrected chi connectivity index (χ1v) is 9.35.